The van der Waals surface area contributed by atoms with Crippen molar-refractivity contribution in [2.75, 3.05) is 6.54 Å². The van der Waals surface area contributed by atoms with Crippen LogP contribution in [0.1, 0.15) is 25.0 Å². The van der Waals surface area contributed by atoms with E-state index in [4.69, 9.17) is 5.73 Å². The van der Waals surface area contributed by atoms with E-state index in [-0.39, 0.29) is 6.04 Å². The van der Waals surface area contributed by atoms with Gasteiger partial charge in [-0.05, 0) is 23.3 Å². The van der Waals surface area contributed by atoms with Crippen LogP contribution in [-0.4, -0.2) is 21.0 Å². The molecule has 0 spiro atoms. The van der Waals surface area contributed by atoms with Crippen LogP contribution in [0.25, 0.3) is 6.08 Å². The summed E-state index contributed by atoms with van der Waals surface area (Å²) >= 11 is 0. The van der Waals surface area contributed by atoms with Gasteiger partial charge in [0.25, 0.3) is 0 Å². The molecule has 0 aliphatic carbocycles. The molecule has 1 aliphatic heterocycles. The van der Waals surface area contributed by atoms with Gasteiger partial charge < -0.3 is 11.1 Å². The van der Waals surface area contributed by atoms with Gasteiger partial charge in [0.05, 0.1) is 9.80 Å². The lowest BCUT2D eigenvalue weighted by molar-refractivity contribution is 0.593. The van der Waals surface area contributed by atoms with Crippen LogP contribution in [0.3, 0.4) is 0 Å². The third-order valence-corrected chi connectivity index (χ3v) is 4.83. The van der Waals surface area contributed by atoms with Crippen molar-refractivity contribution in [1.82, 2.24) is 5.32 Å². The highest BCUT2D eigenvalue weighted by molar-refractivity contribution is 7.95. The zero-order valence-corrected chi connectivity index (χ0v) is 11.4. The molecule has 0 atom stereocenters. The second-order valence-corrected chi connectivity index (χ2v) is 6.70. The van der Waals surface area contributed by atoms with E-state index in [2.05, 4.69) is 5.32 Å². The molecule has 0 bridgehead atoms. The molecule has 0 radical (unpaired) electrons. The number of fused-ring (bicyclic) bond motifs is 1. The normalized spacial score (nSPS) is 16.8. The summed E-state index contributed by atoms with van der Waals surface area (Å²) in [6.45, 7) is 4.69. The second-order valence-electron chi connectivity index (χ2n) is 4.73. The minimum atomic E-state index is -3.33. The summed E-state index contributed by atoms with van der Waals surface area (Å²) in [7, 11) is -3.33. The molecule has 0 saturated heterocycles. The number of sulfone groups is 1. The standard InChI is InChI=1S/C13H18N2O2S/c1-9(2)15-8-12-6-11-4-3-10(7-14)5-13(11)18(12,16)17/h3-6,9,15H,7-8,14H2,1-2H3. The maximum Gasteiger partial charge on any atom is 0.204 e. The van der Waals surface area contributed by atoms with Crippen molar-refractivity contribution in [2.24, 2.45) is 5.73 Å². The monoisotopic (exact) mass is 266 g/mol. The van der Waals surface area contributed by atoms with Gasteiger partial charge in [0, 0.05) is 19.1 Å². The molecule has 0 unspecified atom stereocenters. The Morgan fingerprint density at radius 3 is 2.67 bits per heavy atom. The fourth-order valence-electron chi connectivity index (χ4n) is 1.90. The Morgan fingerprint density at radius 2 is 2.06 bits per heavy atom. The number of hydrogen-bond acceptors (Lipinski definition) is 4. The molecule has 5 heteroatoms. The maximum absolute atomic E-state index is 12.3. The molecule has 0 aromatic heterocycles. The van der Waals surface area contributed by atoms with Crippen LogP contribution < -0.4 is 11.1 Å². The van der Waals surface area contributed by atoms with Crippen molar-refractivity contribution >= 4 is 15.9 Å². The van der Waals surface area contributed by atoms with Crippen LogP contribution >= 0.6 is 0 Å². The van der Waals surface area contributed by atoms with Gasteiger partial charge in [0.1, 0.15) is 0 Å². The third-order valence-electron chi connectivity index (χ3n) is 2.95. The third kappa shape index (κ3) is 2.34. The van der Waals surface area contributed by atoms with E-state index >= 15 is 0 Å². The number of nitrogens with two attached hydrogens (primary N) is 1. The van der Waals surface area contributed by atoms with E-state index in [9.17, 15) is 8.42 Å². The molecule has 2 rings (SSSR count). The van der Waals surface area contributed by atoms with E-state index in [0.29, 0.717) is 22.9 Å². The summed E-state index contributed by atoms with van der Waals surface area (Å²) in [6.07, 6.45) is 1.74. The summed E-state index contributed by atoms with van der Waals surface area (Å²) < 4.78 is 24.6. The molecule has 1 heterocycles. The van der Waals surface area contributed by atoms with Crippen LogP contribution in [0, 0.1) is 0 Å². The second kappa shape index (κ2) is 4.84. The molecular formula is C13H18N2O2S. The van der Waals surface area contributed by atoms with Crippen molar-refractivity contribution in [1.29, 1.82) is 0 Å². The summed E-state index contributed by atoms with van der Waals surface area (Å²) in [4.78, 5) is 0.811. The number of nitrogens with one attached hydrogen (secondary N) is 1. The van der Waals surface area contributed by atoms with E-state index in [1.807, 2.05) is 26.0 Å². The fourth-order valence-corrected chi connectivity index (χ4v) is 3.48. The first-order valence-electron chi connectivity index (χ1n) is 5.97. The van der Waals surface area contributed by atoms with Crippen molar-refractivity contribution in [3.05, 3.63) is 34.2 Å². The lowest BCUT2D eigenvalue weighted by Crippen LogP contribution is -2.26. The Morgan fingerprint density at radius 1 is 1.33 bits per heavy atom. The van der Waals surface area contributed by atoms with Crippen molar-refractivity contribution in [3.8, 4) is 0 Å². The maximum atomic E-state index is 12.3. The van der Waals surface area contributed by atoms with E-state index in [1.165, 1.54) is 0 Å². The molecule has 3 N–H and O–H groups in total. The summed E-state index contributed by atoms with van der Waals surface area (Å²) in [6, 6.07) is 5.61. The van der Waals surface area contributed by atoms with Crippen LogP contribution in [0.5, 0.6) is 0 Å². The Balaban J connectivity index is 2.35. The Hall–Kier alpha value is -1.17. The van der Waals surface area contributed by atoms with Gasteiger partial charge in [0.15, 0.2) is 0 Å². The first-order valence-corrected chi connectivity index (χ1v) is 7.45. The minimum absolute atomic E-state index is 0.254. The van der Waals surface area contributed by atoms with Crippen molar-refractivity contribution in [2.45, 2.75) is 31.3 Å². The first kappa shape index (κ1) is 13.3. The minimum Gasteiger partial charge on any atom is -0.326 e. The predicted molar refractivity (Wildman–Crippen MR) is 72.6 cm³/mol. The first-order chi connectivity index (χ1) is 8.45. The zero-order chi connectivity index (χ0) is 13.3. The molecule has 4 nitrogen and oxygen atoms in total. The van der Waals surface area contributed by atoms with Gasteiger partial charge in [0.2, 0.25) is 9.84 Å². The highest BCUT2D eigenvalue weighted by Crippen LogP contribution is 2.33. The van der Waals surface area contributed by atoms with Gasteiger partial charge in [-0.3, -0.25) is 0 Å². The van der Waals surface area contributed by atoms with Crippen molar-refractivity contribution < 1.29 is 8.42 Å². The molecule has 98 valence electrons. The topological polar surface area (TPSA) is 72.2 Å². The summed E-state index contributed by atoms with van der Waals surface area (Å²) in [5.41, 5.74) is 7.14. The molecule has 0 fully saturated rings. The average molecular weight is 266 g/mol. The summed E-state index contributed by atoms with van der Waals surface area (Å²) in [5.74, 6) is 0. The van der Waals surface area contributed by atoms with Gasteiger partial charge in [-0.2, -0.15) is 0 Å². The Kier molecular flexibility index (Phi) is 3.56. The number of hydrogen-bond donors (Lipinski definition) is 2. The van der Waals surface area contributed by atoms with Gasteiger partial charge in [-0.25, -0.2) is 8.42 Å². The van der Waals surface area contributed by atoms with Crippen LogP contribution in [0.15, 0.2) is 28.0 Å². The van der Waals surface area contributed by atoms with Crippen LogP contribution in [0.4, 0.5) is 0 Å². The molecular weight excluding hydrogens is 248 g/mol. The molecule has 0 amide bonds. The van der Waals surface area contributed by atoms with Crippen LogP contribution in [0.2, 0.25) is 0 Å². The highest BCUT2D eigenvalue weighted by atomic mass is 32.2. The SMILES string of the molecule is CC(C)NCC1=Cc2ccc(CN)cc2S1(=O)=O. The number of benzene rings is 1. The molecule has 0 saturated carbocycles. The van der Waals surface area contributed by atoms with Crippen molar-refractivity contribution in [3.63, 3.8) is 0 Å². The summed E-state index contributed by atoms with van der Waals surface area (Å²) in [5, 5.41) is 3.13. The number of rotatable bonds is 4. The smallest absolute Gasteiger partial charge is 0.204 e. The van der Waals surface area contributed by atoms with E-state index in [1.54, 1.807) is 12.1 Å². The Labute approximate surface area is 108 Å². The zero-order valence-electron chi connectivity index (χ0n) is 10.6. The highest BCUT2D eigenvalue weighted by Gasteiger charge is 2.29. The van der Waals surface area contributed by atoms with Gasteiger partial charge in [-0.1, -0.05) is 26.0 Å². The lowest BCUT2D eigenvalue weighted by atomic mass is 10.1. The van der Waals surface area contributed by atoms with Crippen LogP contribution in [-0.2, 0) is 16.4 Å². The molecule has 1 aromatic rings. The fraction of sp³-hybridized carbons (Fsp3) is 0.385. The van der Waals surface area contributed by atoms with E-state index in [0.717, 1.165) is 11.1 Å². The largest absolute Gasteiger partial charge is 0.326 e. The van der Waals surface area contributed by atoms with Gasteiger partial charge in [-0.15, -0.1) is 0 Å². The predicted octanol–water partition coefficient (Wildman–Crippen LogP) is 1.27. The molecule has 1 aromatic carbocycles. The quantitative estimate of drug-likeness (QED) is 0.861. The lowest BCUT2D eigenvalue weighted by Gasteiger charge is -2.09. The molecule has 1 aliphatic rings. The van der Waals surface area contributed by atoms with Gasteiger partial charge >= 0.3 is 0 Å². The Bertz CT molecular complexity index is 589. The van der Waals surface area contributed by atoms with E-state index < -0.39 is 9.84 Å². The molecule has 18 heavy (non-hydrogen) atoms. The average Bonchev–Trinajstić information content (AvgIpc) is 2.58.